The van der Waals surface area contributed by atoms with Crippen LogP contribution >= 0.6 is 11.3 Å². The number of pyridine rings is 1. The number of thiophene rings is 1. The van der Waals surface area contributed by atoms with E-state index in [1.165, 1.54) is 20.2 Å². The molecule has 0 aliphatic rings. The molecule has 0 saturated carbocycles. The molecule has 19 heavy (non-hydrogen) atoms. The van der Waals surface area contributed by atoms with Gasteiger partial charge in [-0.1, -0.05) is 18.2 Å². The van der Waals surface area contributed by atoms with Gasteiger partial charge in [0.15, 0.2) is 0 Å². The van der Waals surface area contributed by atoms with Crippen LogP contribution in [0.25, 0.3) is 31.1 Å². The van der Waals surface area contributed by atoms with Crippen LogP contribution in [0.4, 0.5) is 0 Å². The lowest BCUT2D eigenvalue weighted by atomic mass is 10.1. The zero-order valence-corrected chi connectivity index (χ0v) is 11.2. The summed E-state index contributed by atoms with van der Waals surface area (Å²) in [7, 11) is 1.69. The molecule has 0 fully saturated rings. The van der Waals surface area contributed by atoms with Crippen LogP contribution in [0.1, 0.15) is 0 Å². The summed E-state index contributed by atoms with van der Waals surface area (Å²) < 4.78 is 7.86. The molecule has 0 radical (unpaired) electrons. The molecular formula is C16H11NOS. The van der Waals surface area contributed by atoms with Gasteiger partial charge in [-0.15, -0.1) is 11.3 Å². The summed E-state index contributed by atoms with van der Waals surface area (Å²) in [6.45, 7) is 0. The summed E-state index contributed by atoms with van der Waals surface area (Å²) in [6.07, 6.45) is 1.97. The standard InChI is InChI=1S/C16H11NOS/c1-18-10-6-7-13-12(8-10)16-11-4-2-3-5-14(11)19-15(16)9-17-13/h2-9H,1H3. The molecule has 2 aromatic carbocycles. The van der Waals surface area contributed by atoms with Gasteiger partial charge in [0, 0.05) is 27.1 Å². The molecule has 2 heterocycles. The van der Waals surface area contributed by atoms with E-state index in [1.807, 2.05) is 18.3 Å². The monoisotopic (exact) mass is 265 g/mol. The van der Waals surface area contributed by atoms with E-state index in [-0.39, 0.29) is 0 Å². The summed E-state index contributed by atoms with van der Waals surface area (Å²) in [5, 5.41) is 3.74. The molecule has 0 unspecified atom stereocenters. The highest BCUT2D eigenvalue weighted by Gasteiger charge is 2.09. The van der Waals surface area contributed by atoms with Crippen molar-refractivity contribution in [1.29, 1.82) is 0 Å². The van der Waals surface area contributed by atoms with Gasteiger partial charge in [-0.2, -0.15) is 0 Å². The quantitative estimate of drug-likeness (QED) is 0.501. The molecule has 4 rings (SSSR count). The number of benzene rings is 2. The second kappa shape index (κ2) is 3.93. The van der Waals surface area contributed by atoms with Gasteiger partial charge in [-0.05, 0) is 24.3 Å². The number of nitrogens with zero attached hydrogens (tertiary/aromatic N) is 1. The molecule has 0 amide bonds. The lowest BCUT2D eigenvalue weighted by Gasteiger charge is -2.03. The van der Waals surface area contributed by atoms with Gasteiger partial charge in [-0.3, -0.25) is 4.98 Å². The van der Waals surface area contributed by atoms with Crippen LogP contribution in [0, 0.1) is 0 Å². The third-order valence-electron chi connectivity index (χ3n) is 3.42. The lowest BCUT2D eigenvalue weighted by molar-refractivity contribution is 0.415. The number of ether oxygens (including phenoxy) is 1. The molecule has 0 spiro atoms. The van der Waals surface area contributed by atoms with Crippen molar-refractivity contribution in [2.45, 2.75) is 0 Å². The number of fused-ring (bicyclic) bond motifs is 5. The third-order valence-corrected chi connectivity index (χ3v) is 4.52. The van der Waals surface area contributed by atoms with Crippen LogP contribution in [-0.2, 0) is 0 Å². The highest BCUT2D eigenvalue weighted by Crippen LogP contribution is 2.38. The van der Waals surface area contributed by atoms with Crippen molar-refractivity contribution in [2.24, 2.45) is 0 Å². The Morgan fingerprint density at radius 1 is 1.00 bits per heavy atom. The van der Waals surface area contributed by atoms with Gasteiger partial charge in [0.1, 0.15) is 5.75 Å². The first-order chi connectivity index (χ1) is 9.36. The van der Waals surface area contributed by atoms with Crippen molar-refractivity contribution < 1.29 is 4.74 Å². The fourth-order valence-corrected chi connectivity index (χ4v) is 3.61. The molecule has 0 saturated heterocycles. The second-order valence-electron chi connectivity index (χ2n) is 4.48. The highest BCUT2D eigenvalue weighted by molar-refractivity contribution is 7.26. The Hall–Kier alpha value is -2.13. The molecule has 0 aliphatic carbocycles. The van der Waals surface area contributed by atoms with E-state index in [0.29, 0.717) is 0 Å². The van der Waals surface area contributed by atoms with Crippen molar-refractivity contribution in [1.82, 2.24) is 4.98 Å². The van der Waals surface area contributed by atoms with Gasteiger partial charge >= 0.3 is 0 Å². The minimum Gasteiger partial charge on any atom is -0.497 e. The van der Waals surface area contributed by atoms with Gasteiger partial charge in [0.25, 0.3) is 0 Å². The summed E-state index contributed by atoms with van der Waals surface area (Å²) in [5.74, 6) is 0.872. The van der Waals surface area contributed by atoms with E-state index in [1.54, 1.807) is 18.4 Å². The third kappa shape index (κ3) is 1.52. The maximum atomic E-state index is 5.34. The second-order valence-corrected chi connectivity index (χ2v) is 5.56. The largest absolute Gasteiger partial charge is 0.497 e. The Labute approximate surface area is 114 Å². The fraction of sp³-hybridized carbons (Fsp3) is 0.0625. The number of aromatic nitrogens is 1. The first-order valence-electron chi connectivity index (χ1n) is 6.11. The topological polar surface area (TPSA) is 22.1 Å². The molecule has 0 aliphatic heterocycles. The summed E-state index contributed by atoms with van der Waals surface area (Å²) >= 11 is 1.79. The lowest BCUT2D eigenvalue weighted by Crippen LogP contribution is -1.84. The van der Waals surface area contributed by atoms with Crippen molar-refractivity contribution in [3.63, 3.8) is 0 Å². The summed E-state index contributed by atoms with van der Waals surface area (Å²) in [4.78, 5) is 4.53. The summed E-state index contributed by atoms with van der Waals surface area (Å²) in [5.41, 5.74) is 1.01. The van der Waals surface area contributed by atoms with Crippen molar-refractivity contribution in [3.8, 4) is 5.75 Å². The van der Waals surface area contributed by atoms with Crippen LogP contribution in [0.2, 0.25) is 0 Å². The Balaban J connectivity index is 2.27. The SMILES string of the molecule is COc1ccc2ncc3sc4ccccc4c3c2c1. The van der Waals surface area contributed by atoms with Gasteiger partial charge in [-0.25, -0.2) is 0 Å². The van der Waals surface area contributed by atoms with Crippen molar-refractivity contribution in [2.75, 3.05) is 7.11 Å². The average Bonchev–Trinajstić information content (AvgIpc) is 2.85. The Bertz CT molecular complexity index is 910. The molecule has 2 aromatic heterocycles. The molecule has 2 nitrogen and oxygen atoms in total. The van der Waals surface area contributed by atoms with Crippen LogP contribution in [0.3, 0.4) is 0 Å². The first-order valence-corrected chi connectivity index (χ1v) is 6.92. The fourth-order valence-electron chi connectivity index (χ4n) is 2.52. The molecule has 3 heteroatoms. The predicted octanol–water partition coefficient (Wildman–Crippen LogP) is 4.61. The van der Waals surface area contributed by atoms with Gasteiger partial charge < -0.3 is 4.74 Å². The minimum atomic E-state index is 0.872. The van der Waals surface area contributed by atoms with Crippen molar-refractivity contribution in [3.05, 3.63) is 48.7 Å². The Kier molecular flexibility index (Phi) is 2.23. The van der Waals surface area contributed by atoms with Crippen LogP contribution in [0.15, 0.2) is 48.7 Å². The summed E-state index contributed by atoms with van der Waals surface area (Å²) in [6, 6.07) is 14.5. The van der Waals surface area contributed by atoms with E-state index in [4.69, 9.17) is 4.74 Å². The van der Waals surface area contributed by atoms with Crippen LogP contribution in [-0.4, -0.2) is 12.1 Å². The number of hydrogen-bond donors (Lipinski definition) is 0. The zero-order chi connectivity index (χ0) is 12.8. The number of rotatable bonds is 1. The molecule has 92 valence electrons. The first kappa shape index (κ1) is 10.8. The molecule has 4 aromatic rings. The molecule has 0 N–H and O–H groups in total. The molecule has 0 atom stereocenters. The number of hydrogen-bond acceptors (Lipinski definition) is 3. The zero-order valence-electron chi connectivity index (χ0n) is 10.4. The minimum absolute atomic E-state index is 0.872. The predicted molar refractivity (Wildman–Crippen MR) is 81.2 cm³/mol. The van der Waals surface area contributed by atoms with E-state index in [2.05, 4.69) is 35.3 Å². The maximum absolute atomic E-state index is 5.34. The van der Waals surface area contributed by atoms with Crippen LogP contribution in [0.5, 0.6) is 5.75 Å². The highest BCUT2D eigenvalue weighted by atomic mass is 32.1. The smallest absolute Gasteiger partial charge is 0.119 e. The normalized spacial score (nSPS) is 11.4. The molecule has 0 bridgehead atoms. The Morgan fingerprint density at radius 3 is 2.79 bits per heavy atom. The van der Waals surface area contributed by atoms with E-state index in [0.717, 1.165) is 16.7 Å². The van der Waals surface area contributed by atoms with E-state index < -0.39 is 0 Å². The van der Waals surface area contributed by atoms with Crippen LogP contribution < -0.4 is 4.74 Å². The molecular weight excluding hydrogens is 254 g/mol. The van der Waals surface area contributed by atoms with E-state index >= 15 is 0 Å². The van der Waals surface area contributed by atoms with E-state index in [9.17, 15) is 0 Å². The van der Waals surface area contributed by atoms with Gasteiger partial charge in [0.2, 0.25) is 0 Å². The van der Waals surface area contributed by atoms with Gasteiger partial charge in [0.05, 0.1) is 17.3 Å². The maximum Gasteiger partial charge on any atom is 0.119 e. The average molecular weight is 265 g/mol. The number of methoxy groups -OCH3 is 1. The van der Waals surface area contributed by atoms with Crippen molar-refractivity contribution >= 4 is 42.4 Å². The Morgan fingerprint density at radius 2 is 1.89 bits per heavy atom.